The minimum Gasteiger partial charge on any atom is -0.494 e. The normalized spacial score (nSPS) is 10.4. The molecule has 0 saturated heterocycles. The van der Waals surface area contributed by atoms with Gasteiger partial charge in [0.2, 0.25) is 0 Å². The monoisotopic (exact) mass is 376 g/mol. The van der Waals surface area contributed by atoms with Crippen LogP contribution < -0.4 is 4.74 Å². The maximum Gasteiger partial charge on any atom is 0.335 e. The van der Waals surface area contributed by atoms with E-state index in [1.807, 2.05) is 0 Å². The Hall–Kier alpha value is -2.30. The number of carboxylic acids is 1. The van der Waals surface area contributed by atoms with E-state index in [-0.39, 0.29) is 11.5 Å². The van der Waals surface area contributed by atoms with Crippen molar-refractivity contribution in [2.24, 2.45) is 0 Å². The van der Waals surface area contributed by atoms with Crippen LogP contribution in [0, 0.1) is 0 Å². The maximum atomic E-state index is 11.1. The fourth-order valence-corrected chi connectivity index (χ4v) is 2.69. The fraction of sp³-hybridized carbons (Fsp3) is 0.545. The molecule has 0 heterocycles. The van der Waals surface area contributed by atoms with Gasteiger partial charge in [-0.1, -0.05) is 51.0 Å². The van der Waals surface area contributed by atoms with Gasteiger partial charge in [0.25, 0.3) is 0 Å². The van der Waals surface area contributed by atoms with Crippen LogP contribution in [-0.2, 0) is 9.53 Å². The summed E-state index contributed by atoms with van der Waals surface area (Å²) in [6.07, 6.45) is 12.2. The van der Waals surface area contributed by atoms with Crippen LogP contribution in [0.3, 0.4) is 0 Å². The Morgan fingerprint density at radius 3 is 1.89 bits per heavy atom. The van der Waals surface area contributed by atoms with Gasteiger partial charge >= 0.3 is 11.9 Å². The Balaban J connectivity index is 1.86. The zero-order valence-electron chi connectivity index (χ0n) is 16.2. The first kappa shape index (κ1) is 22.7. The van der Waals surface area contributed by atoms with Crippen LogP contribution >= 0.6 is 0 Å². The number of hydrogen-bond donors (Lipinski definition) is 1. The molecule has 0 unspecified atom stereocenters. The van der Waals surface area contributed by atoms with E-state index in [9.17, 15) is 9.59 Å². The van der Waals surface area contributed by atoms with E-state index in [1.165, 1.54) is 32.1 Å². The van der Waals surface area contributed by atoms with Crippen molar-refractivity contribution in [1.82, 2.24) is 0 Å². The lowest BCUT2D eigenvalue weighted by atomic mass is 10.1. The van der Waals surface area contributed by atoms with Crippen molar-refractivity contribution < 1.29 is 24.2 Å². The number of carbonyl (C=O) groups excluding carboxylic acids is 1. The lowest BCUT2D eigenvalue weighted by Crippen LogP contribution is -2.04. The van der Waals surface area contributed by atoms with Gasteiger partial charge in [-0.3, -0.25) is 4.79 Å². The molecule has 27 heavy (non-hydrogen) atoms. The first-order valence-corrected chi connectivity index (χ1v) is 9.86. The average Bonchev–Trinajstić information content (AvgIpc) is 2.66. The van der Waals surface area contributed by atoms with Crippen molar-refractivity contribution in [3.63, 3.8) is 0 Å². The zero-order chi connectivity index (χ0) is 19.7. The van der Waals surface area contributed by atoms with Crippen molar-refractivity contribution in [3.05, 3.63) is 42.5 Å². The number of aromatic carboxylic acids is 1. The van der Waals surface area contributed by atoms with Crippen molar-refractivity contribution in [1.29, 1.82) is 0 Å². The third-order valence-electron chi connectivity index (χ3n) is 4.23. The van der Waals surface area contributed by atoms with Gasteiger partial charge in [-0.25, -0.2) is 4.79 Å². The van der Waals surface area contributed by atoms with Crippen LogP contribution in [0.25, 0.3) is 0 Å². The van der Waals surface area contributed by atoms with Crippen LogP contribution in [0.1, 0.15) is 74.6 Å². The number of unbranched alkanes of at least 4 members (excludes halogenated alkanes) is 8. The molecule has 0 spiro atoms. The average molecular weight is 376 g/mol. The highest BCUT2D eigenvalue weighted by Gasteiger charge is 2.02. The summed E-state index contributed by atoms with van der Waals surface area (Å²) >= 11 is 0. The fourth-order valence-electron chi connectivity index (χ4n) is 2.69. The maximum absolute atomic E-state index is 11.1. The molecule has 0 aliphatic rings. The number of rotatable bonds is 16. The van der Waals surface area contributed by atoms with E-state index >= 15 is 0 Å². The molecular formula is C22H32O5. The van der Waals surface area contributed by atoms with Gasteiger partial charge in [0.05, 0.1) is 25.2 Å². The van der Waals surface area contributed by atoms with E-state index in [4.69, 9.17) is 14.6 Å². The third kappa shape index (κ3) is 11.8. The molecule has 0 bridgehead atoms. The van der Waals surface area contributed by atoms with Crippen LogP contribution in [0.2, 0.25) is 0 Å². The second kappa shape index (κ2) is 14.8. The Morgan fingerprint density at radius 1 is 0.852 bits per heavy atom. The number of carbonyl (C=O) groups is 2. The molecule has 1 aromatic rings. The van der Waals surface area contributed by atoms with Crippen molar-refractivity contribution in [2.75, 3.05) is 13.2 Å². The van der Waals surface area contributed by atoms with Gasteiger partial charge in [-0.15, -0.1) is 6.58 Å². The van der Waals surface area contributed by atoms with Crippen LogP contribution in [0.4, 0.5) is 0 Å². The molecule has 0 atom stereocenters. The molecule has 5 heteroatoms. The smallest absolute Gasteiger partial charge is 0.335 e. The summed E-state index contributed by atoms with van der Waals surface area (Å²) in [7, 11) is 0. The topological polar surface area (TPSA) is 72.8 Å². The lowest BCUT2D eigenvalue weighted by Gasteiger charge is -2.06. The van der Waals surface area contributed by atoms with Gasteiger partial charge in [0.1, 0.15) is 5.75 Å². The Bertz CT molecular complexity index is 550. The van der Waals surface area contributed by atoms with E-state index < -0.39 is 5.97 Å². The summed E-state index contributed by atoms with van der Waals surface area (Å²) in [6.45, 7) is 4.69. The minimum atomic E-state index is -0.923. The van der Waals surface area contributed by atoms with Crippen molar-refractivity contribution in [3.8, 4) is 5.75 Å². The van der Waals surface area contributed by atoms with Crippen LogP contribution in [-0.4, -0.2) is 30.3 Å². The zero-order valence-corrected chi connectivity index (χ0v) is 16.2. The number of carboxylic acid groups (broad SMARTS) is 1. The summed E-state index contributed by atoms with van der Waals surface area (Å²) in [5, 5.41) is 8.84. The SMILES string of the molecule is C=CCC(=O)OCCCCCCCCCCCOc1ccc(C(=O)O)cc1. The Kier molecular flexibility index (Phi) is 12.5. The molecule has 1 N–H and O–H groups in total. The molecule has 150 valence electrons. The molecule has 5 nitrogen and oxygen atoms in total. The minimum absolute atomic E-state index is 0.189. The summed E-state index contributed by atoms with van der Waals surface area (Å²) in [6, 6.07) is 6.51. The largest absolute Gasteiger partial charge is 0.494 e. The van der Waals surface area contributed by atoms with E-state index in [1.54, 1.807) is 30.3 Å². The quantitative estimate of drug-likeness (QED) is 0.238. The van der Waals surface area contributed by atoms with E-state index in [0.29, 0.717) is 19.6 Å². The molecule has 1 aromatic carbocycles. The van der Waals surface area contributed by atoms with Gasteiger partial charge in [0, 0.05) is 0 Å². The van der Waals surface area contributed by atoms with Gasteiger partial charge in [-0.2, -0.15) is 0 Å². The molecule has 0 radical (unpaired) electrons. The molecule has 0 saturated carbocycles. The number of esters is 1. The predicted octanol–water partition coefficient (Wildman–Crippen LogP) is 5.39. The number of ether oxygens (including phenoxy) is 2. The third-order valence-corrected chi connectivity index (χ3v) is 4.23. The van der Waals surface area contributed by atoms with E-state index in [2.05, 4.69) is 6.58 Å². The highest BCUT2D eigenvalue weighted by molar-refractivity contribution is 5.87. The predicted molar refractivity (Wildman–Crippen MR) is 106 cm³/mol. The molecule has 1 rings (SSSR count). The Labute approximate surface area is 162 Å². The van der Waals surface area contributed by atoms with Gasteiger partial charge in [0.15, 0.2) is 0 Å². The second-order valence-electron chi connectivity index (χ2n) is 6.57. The number of hydrogen-bond acceptors (Lipinski definition) is 4. The summed E-state index contributed by atoms with van der Waals surface area (Å²) in [4.78, 5) is 21.9. The molecule has 0 amide bonds. The Morgan fingerprint density at radius 2 is 1.37 bits per heavy atom. The highest BCUT2D eigenvalue weighted by Crippen LogP contribution is 2.14. The van der Waals surface area contributed by atoms with Crippen molar-refractivity contribution in [2.45, 2.75) is 64.2 Å². The molecule has 0 aromatic heterocycles. The second-order valence-corrected chi connectivity index (χ2v) is 6.57. The van der Waals surface area contributed by atoms with Gasteiger partial charge < -0.3 is 14.6 Å². The lowest BCUT2D eigenvalue weighted by molar-refractivity contribution is -0.142. The van der Waals surface area contributed by atoms with Gasteiger partial charge in [-0.05, 0) is 37.1 Å². The van der Waals surface area contributed by atoms with Crippen LogP contribution in [0.5, 0.6) is 5.75 Å². The highest BCUT2D eigenvalue weighted by atomic mass is 16.5. The first-order valence-electron chi connectivity index (χ1n) is 9.86. The van der Waals surface area contributed by atoms with Crippen LogP contribution in [0.15, 0.2) is 36.9 Å². The number of benzene rings is 1. The van der Waals surface area contributed by atoms with E-state index in [0.717, 1.165) is 31.4 Å². The van der Waals surface area contributed by atoms with Crippen molar-refractivity contribution >= 4 is 11.9 Å². The summed E-state index contributed by atoms with van der Waals surface area (Å²) in [5.41, 5.74) is 0.274. The summed E-state index contributed by atoms with van der Waals surface area (Å²) < 4.78 is 10.7. The molecule has 0 aliphatic heterocycles. The summed E-state index contributed by atoms with van der Waals surface area (Å²) in [5.74, 6) is -0.394. The first-order chi connectivity index (χ1) is 13.1. The molecular weight excluding hydrogens is 344 g/mol. The molecule has 0 aliphatic carbocycles. The standard InChI is InChI=1S/C22H32O5/c1-2-12-21(23)27-18-11-9-7-5-3-4-6-8-10-17-26-20-15-13-19(14-16-20)22(24)25/h2,13-16H,1,3-12,17-18H2,(H,24,25). The molecule has 0 fully saturated rings.